The van der Waals surface area contributed by atoms with Crippen molar-refractivity contribution in [2.24, 2.45) is 5.92 Å². The predicted octanol–water partition coefficient (Wildman–Crippen LogP) is 4.92. The standard InChI is InChI=1S/C33H37N5O3S/c1-22-18-27(19-23(2)35-22)31-14-10-26-20-29(13-15-30(26)36-31)42(40,41)37-28-11-8-25(9-12-28)33(39)38-17-16-34-21-32(38)24-6-4-3-5-7-24/h3-7,10,13-15,18-20,25,28,32,34,37H,8-9,11-12,16-17,21H2,1-2H3/t25-,28-,32-/m0/s1. The average molecular weight is 584 g/mol. The first-order chi connectivity index (χ1) is 20.3. The molecule has 0 radical (unpaired) electrons. The molecule has 1 saturated carbocycles. The highest BCUT2D eigenvalue weighted by Crippen LogP contribution is 2.31. The van der Waals surface area contributed by atoms with E-state index in [2.05, 4.69) is 27.2 Å². The highest BCUT2D eigenvalue weighted by Gasteiger charge is 2.35. The van der Waals surface area contributed by atoms with Gasteiger partial charge in [-0.2, -0.15) is 0 Å². The van der Waals surface area contributed by atoms with Crippen LogP contribution >= 0.6 is 0 Å². The second-order valence-corrected chi connectivity index (χ2v) is 13.2. The van der Waals surface area contributed by atoms with E-state index < -0.39 is 10.0 Å². The second kappa shape index (κ2) is 11.9. The first-order valence-corrected chi connectivity index (χ1v) is 16.2. The summed E-state index contributed by atoms with van der Waals surface area (Å²) in [4.78, 5) is 25.0. The molecule has 3 heterocycles. The second-order valence-electron chi connectivity index (χ2n) is 11.5. The van der Waals surface area contributed by atoms with Gasteiger partial charge in [0.1, 0.15) is 0 Å². The lowest BCUT2D eigenvalue weighted by Crippen LogP contribution is -2.51. The van der Waals surface area contributed by atoms with Crippen molar-refractivity contribution in [1.29, 1.82) is 0 Å². The van der Waals surface area contributed by atoms with Crippen molar-refractivity contribution in [2.75, 3.05) is 19.6 Å². The number of amides is 1. The maximum atomic E-state index is 13.6. The van der Waals surface area contributed by atoms with Crippen LogP contribution in [0.5, 0.6) is 0 Å². The van der Waals surface area contributed by atoms with Crippen molar-refractivity contribution in [2.45, 2.75) is 56.5 Å². The Balaban J connectivity index is 1.10. The van der Waals surface area contributed by atoms with E-state index in [0.29, 0.717) is 32.2 Å². The van der Waals surface area contributed by atoms with Crippen molar-refractivity contribution < 1.29 is 13.2 Å². The van der Waals surface area contributed by atoms with Crippen molar-refractivity contribution in [3.05, 3.63) is 89.7 Å². The van der Waals surface area contributed by atoms with Crippen LogP contribution in [0.2, 0.25) is 0 Å². The number of pyridine rings is 2. The van der Waals surface area contributed by atoms with Crippen LogP contribution in [0.1, 0.15) is 48.7 Å². The Kier molecular flexibility index (Phi) is 8.07. The van der Waals surface area contributed by atoms with Gasteiger partial charge < -0.3 is 10.2 Å². The molecular formula is C33H37N5O3S. The zero-order chi connectivity index (χ0) is 29.3. The van der Waals surface area contributed by atoms with E-state index in [0.717, 1.165) is 52.2 Å². The van der Waals surface area contributed by atoms with E-state index in [4.69, 9.17) is 4.98 Å². The summed E-state index contributed by atoms with van der Waals surface area (Å²) in [6.45, 7) is 6.14. The first kappa shape index (κ1) is 28.5. The minimum absolute atomic E-state index is 0.0279. The molecule has 0 bridgehead atoms. The molecule has 8 nitrogen and oxygen atoms in total. The van der Waals surface area contributed by atoms with Gasteiger partial charge in [-0.05, 0) is 81.5 Å². The number of hydrogen-bond acceptors (Lipinski definition) is 6. The summed E-state index contributed by atoms with van der Waals surface area (Å²) in [5, 5.41) is 4.18. The smallest absolute Gasteiger partial charge is 0.240 e. The molecule has 1 aliphatic heterocycles. The first-order valence-electron chi connectivity index (χ1n) is 14.7. The number of carbonyl (C=O) groups excluding carboxylic acids is 1. The normalized spacial score (nSPS) is 21.4. The van der Waals surface area contributed by atoms with Gasteiger partial charge in [-0.1, -0.05) is 36.4 Å². The monoisotopic (exact) mass is 583 g/mol. The summed E-state index contributed by atoms with van der Waals surface area (Å²) in [5.41, 5.74) is 5.55. The van der Waals surface area contributed by atoms with Gasteiger partial charge in [0.25, 0.3) is 0 Å². The molecule has 2 aromatic carbocycles. The molecule has 1 amide bonds. The minimum Gasteiger partial charge on any atom is -0.333 e. The molecule has 2 aromatic heterocycles. The van der Waals surface area contributed by atoms with Crippen LogP contribution in [0, 0.1) is 19.8 Å². The summed E-state index contributed by atoms with van der Waals surface area (Å²) in [7, 11) is -3.72. The van der Waals surface area contributed by atoms with Gasteiger partial charge in [-0.3, -0.25) is 9.78 Å². The third-order valence-electron chi connectivity index (χ3n) is 8.46. The lowest BCUT2D eigenvalue weighted by atomic mass is 9.85. The van der Waals surface area contributed by atoms with Crippen LogP contribution < -0.4 is 10.0 Å². The molecule has 0 unspecified atom stereocenters. The van der Waals surface area contributed by atoms with Crippen LogP contribution in [0.3, 0.4) is 0 Å². The van der Waals surface area contributed by atoms with Crippen molar-refractivity contribution in [1.82, 2.24) is 24.9 Å². The summed E-state index contributed by atoms with van der Waals surface area (Å²) < 4.78 is 29.6. The number of nitrogens with zero attached hydrogens (tertiary/aromatic N) is 3. The van der Waals surface area contributed by atoms with E-state index in [1.807, 2.05) is 61.2 Å². The van der Waals surface area contributed by atoms with Gasteiger partial charge in [-0.15, -0.1) is 0 Å². The quantitative estimate of drug-likeness (QED) is 0.334. The van der Waals surface area contributed by atoms with E-state index in [1.165, 1.54) is 0 Å². The van der Waals surface area contributed by atoms with E-state index in [1.54, 1.807) is 18.2 Å². The van der Waals surface area contributed by atoms with Gasteiger partial charge in [0.2, 0.25) is 15.9 Å². The topological polar surface area (TPSA) is 104 Å². The van der Waals surface area contributed by atoms with Gasteiger partial charge in [0.05, 0.1) is 22.1 Å². The molecule has 42 heavy (non-hydrogen) atoms. The van der Waals surface area contributed by atoms with Crippen LogP contribution in [-0.2, 0) is 14.8 Å². The van der Waals surface area contributed by atoms with Gasteiger partial charge in [0.15, 0.2) is 0 Å². The molecular weight excluding hydrogens is 546 g/mol. The zero-order valence-electron chi connectivity index (χ0n) is 24.1. The summed E-state index contributed by atoms with van der Waals surface area (Å²) >= 11 is 0. The molecule has 9 heteroatoms. The summed E-state index contributed by atoms with van der Waals surface area (Å²) in [6, 6.07) is 22.9. The fraction of sp³-hybridized carbons (Fsp3) is 0.364. The molecule has 6 rings (SSSR count). The molecule has 1 atom stereocenters. The number of fused-ring (bicyclic) bond motifs is 1. The van der Waals surface area contributed by atoms with Gasteiger partial charge >= 0.3 is 0 Å². The molecule has 0 spiro atoms. The SMILES string of the molecule is Cc1cc(-c2ccc3cc(S(=O)(=O)N[C@H]4CC[C@H](C(=O)N5CCNC[C@H]5c5ccccc5)CC4)ccc3n2)cc(C)n1. The summed E-state index contributed by atoms with van der Waals surface area (Å²) in [6.07, 6.45) is 2.63. The molecule has 4 aromatic rings. The zero-order valence-corrected chi connectivity index (χ0v) is 24.9. The number of carbonyl (C=O) groups is 1. The Morgan fingerprint density at radius 2 is 1.64 bits per heavy atom. The third kappa shape index (κ3) is 6.09. The predicted molar refractivity (Wildman–Crippen MR) is 164 cm³/mol. The highest BCUT2D eigenvalue weighted by molar-refractivity contribution is 7.89. The maximum Gasteiger partial charge on any atom is 0.240 e. The average Bonchev–Trinajstić information content (AvgIpc) is 3.00. The highest BCUT2D eigenvalue weighted by atomic mass is 32.2. The fourth-order valence-corrected chi connectivity index (χ4v) is 7.68. The van der Waals surface area contributed by atoms with Crippen LogP contribution in [0.25, 0.3) is 22.2 Å². The number of rotatable bonds is 6. The van der Waals surface area contributed by atoms with Gasteiger partial charge in [-0.25, -0.2) is 18.1 Å². The van der Waals surface area contributed by atoms with Crippen LogP contribution in [0.4, 0.5) is 0 Å². The molecule has 2 aliphatic rings. The Morgan fingerprint density at radius 3 is 2.38 bits per heavy atom. The number of aryl methyl sites for hydroxylation is 2. The minimum atomic E-state index is -3.72. The number of hydrogen-bond donors (Lipinski definition) is 2. The van der Waals surface area contributed by atoms with Crippen molar-refractivity contribution in [3.8, 4) is 11.3 Å². The fourth-order valence-electron chi connectivity index (χ4n) is 6.34. The number of nitrogens with one attached hydrogen (secondary N) is 2. The number of sulfonamides is 1. The molecule has 2 N–H and O–H groups in total. The van der Waals surface area contributed by atoms with Gasteiger partial charge in [0, 0.05) is 53.9 Å². The Hall–Kier alpha value is -3.66. The Labute approximate surface area is 247 Å². The largest absolute Gasteiger partial charge is 0.333 e. The van der Waals surface area contributed by atoms with Crippen molar-refractivity contribution in [3.63, 3.8) is 0 Å². The van der Waals surface area contributed by atoms with E-state index >= 15 is 0 Å². The number of piperazine rings is 1. The Bertz CT molecular complexity index is 1680. The van der Waals surface area contributed by atoms with Crippen molar-refractivity contribution >= 4 is 26.8 Å². The maximum absolute atomic E-state index is 13.6. The molecule has 1 aliphatic carbocycles. The number of benzene rings is 2. The lowest BCUT2D eigenvalue weighted by Gasteiger charge is -2.40. The molecule has 1 saturated heterocycles. The van der Waals surface area contributed by atoms with E-state index in [-0.39, 0.29) is 28.8 Å². The lowest BCUT2D eigenvalue weighted by molar-refractivity contribution is -0.140. The van der Waals surface area contributed by atoms with E-state index in [9.17, 15) is 13.2 Å². The number of aromatic nitrogens is 2. The third-order valence-corrected chi connectivity index (χ3v) is 9.98. The summed E-state index contributed by atoms with van der Waals surface area (Å²) in [5.74, 6) is 0.106. The molecule has 2 fully saturated rings. The van der Waals surface area contributed by atoms with Crippen LogP contribution in [0.15, 0.2) is 77.7 Å². The molecule has 218 valence electrons. The van der Waals surface area contributed by atoms with Crippen LogP contribution in [-0.4, -0.2) is 54.9 Å². The Morgan fingerprint density at radius 1 is 0.905 bits per heavy atom.